The van der Waals surface area contributed by atoms with E-state index in [4.69, 9.17) is 9.84 Å². The Balaban J connectivity index is 2.66. The zero-order valence-corrected chi connectivity index (χ0v) is 12.0. The molecule has 0 aliphatic rings. The van der Waals surface area contributed by atoms with Gasteiger partial charge in [0.25, 0.3) is 0 Å². The lowest BCUT2D eigenvalue weighted by atomic mass is 10.0. The monoisotopic (exact) mass is 251 g/mol. The van der Waals surface area contributed by atoms with E-state index in [1.54, 1.807) is 7.11 Å². The van der Waals surface area contributed by atoms with Crippen molar-refractivity contribution >= 4 is 0 Å². The number of rotatable bonds is 7. The molecule has 0 radical (unpaired) electrons. The molecule has 0 spiro atoms. The zero-order valence-electron chi connectivity index (χ0n) is 12.0. The molecular weight excluding hydrogens is 226 g/mol. The maximum absolute atomic E-state index is 8.81. The molecule has 3 nitrogen and oxygen atoms in total. The fourth-order valence-electron chi connectivity index (χ4n) is 2.22. The smallest absolute Gasteiger partial charge is 0.122 e. The summed E-state index contributed by atoms with van der Waals surface area (Å²) in [4.78, 5) is 2.24. The maximum Gasteiger partial charge on any atom is 0.122 e. The number of aliphatic hydroxyl groups is 1. The van der Waals surface area contributed by atoms with Crippen LogP contribution in [0.3, 0.4) is 0 Å². The Morgan fingerprint density at radius 2 is 1.94 bits per heavy atom. The number of aryl methyl sites for hydroxylation is 2. The van der Waals surface area contributed by atoms with Gasteiger partial charge in [0.1, 0.15) is 5.75 Å². The van der Waals surface area contributed by atoms with Crippen molar-refractivity contribution in [2.24, 2.45) is 0 Å². The number of benzene rings is 1. The summed E-state index contributed by atoms with van der Waals surface area (Å²) < 4.78 is 5.46. The number of hydrogen-bond donors (Lipinski definition) is 1. The third-order valence-corrected chi connectivity index (χ3v) is 3.24. The van der Waals surface area contributed by atoms with Crippen molar-refractivity contribution in [1.29, 1.82) is 0 Å². The molecule has 1 N–H and O–H groups in total. The van der Waals surface area contributed by atoms with E-state index < -0.39 is 0 Å². The number of ether oxygens (including phenoxy) is 1. The normalized spacial score (nSPS) is 11.0. The first-order valence-corrected chi connectivity index (χ1v) is 6.52. The predicted octanol–water partition coefficient (Wildman–Crippen LogP) is 2.17. The van der Waals surface area contributed by atoms with Gasteiger partial charge in [-0.15, -0.1) is 0 Å². The van der Waals surface area contributed by atoms with Gasteiger partial charge in [0.05, 0.1) is 7.11 Å². The number of methoxy groups -OCH3 is 1. The van der Waals surface area contributed by atoms with E-state index in [9.17, 15) is 0 Å². The molecule has 0 heterocycles. The van der Waals surface area contributed by atoms with Crippen LogP contribution in [-0.4, -0.2) is 43.9 Å². The number of nitrogens with zero attached hydrogens (tertiary/aromatic N) is 1. The van der Waals surface area contributed by atoms with Crippen molar-refractivity contribution < 1.29 is 9.84 Å². The van der Waals surface area contributed by atoms with Crippen molar-refractivity contribution in [2.75, 3.05) is 33.9 Å². The largest absolute Gasteiger partial charge is 0.496 e. The summed E-state index contributed by atoms with van der Waals surface area (Å²) in [6.45, 7) is 6.41. The lowest BCUT2D eigenvalue weighted by Crippen LogP contribution is -2.23. The summed E-state index contributed by atoms with van der Waals surface area (Å²) in [5.74, 6) is 0.989. The van der Waals surface area contributed by atoms with Gasteiger partial charge in [-0.3, -0.25) is 0 Å². The minimum atomic E-state index is 0.261. The van der Waals surface area contributed by atoms with Gasteiger partial charge in [-0.1, -0.05) is 6.07 Å². The number of likely N-dealkylation sites (N-methyl/N-ethyl adjacent to an activating group) is 1. The minimum absolute atomic E-state index is 0.261. The van der Waals surface area contributed by atoms with E-state index in [-0.39, 0.29) is 6.61 Å². The Morgan fingerprint density at radius 1 is 1.22 bits per heavy atom. The van der Waals surface area contributed by atoms with Crippen LogP contribution < -0.4 is 4.74 Å². The summed E-state index contributed by atoms with van der Waals surface area (Å²) >= 11 is 0. The first-order chi connectivity index (χ1) is 8.58. The Labute approximate surface area is 110 Å². The van der Waals surface area contributed by atoms with Gasteiger partial charge in [0.2, 0.25) is 0 Å². The van der Waals surface area contributed by atoms with Crippen LogP contribution >= 0.6 is 0 Å². The van der Waals surface area contributed by atoms with Crippen molar-refractivity contribution in [3.8, 4) is 5.75 Å². The highest BCUT2D eigenvalue weighted by Gasteiger charge is 2.08. The molecule has 18 heavy (non-hydrogen) atoms. The highest BCUT2D eigenvalue weighted by atomic mass is 16.5. The average Bonchev–Trinajstić information content (AvgIpc) is 2.34. The molecule has 0 fully saturated rings. The molecule has 1 rings (SSSR count). The van der Waals surface area contributed by atoms with Crippen LogP contribution in [-0.2, 0) is 6.42 Å². The van der Waals surface area contributed by atoms with Crippen LogP contribution in [0.4, 0.5) is 0 Å². The molecule has 0 bridgehead atoms. The molecule has 0 aliphatic heterocycles. The Morgan fingerprint density at radius 3 is 2.56 bits per heavy atom. The van der Waals surface area contributed by atoms with Gasteiger partial charge in [-0.05, 0) is 56.5 Å². The Hall–Kier alpha value is -1.06. The second kappa shape index (κ2) is 7.39. The van der Waals surface area contributed by atoms with Crippen LogP contribution in [0.1, 0.15) is 23.1 Å². The second-order valence-electron chi connectivity index (χ2n) is 4.89. The predicted molar refractivity (Wildman–Crippen MR) is 75.4 cm³/mol. The first kappa shape index (κ1) is 15.0. The molecule has 0 aliphatic carbocycles. The Bertz CT molecular complexity index is 377. The van der Waals surface area contributed by atoms with Gasteiger partial charge >= 0.3 is 0 Å². The highest BCUT2D eigenvalue weighted by molar-refractivity contribution is 5.43. The van der Waals surface area contributed by atoms with E-state index in [0.717, 1.165) is 31.7 Å². The molecule has 0 aromatic heterocycles. The fourth-order valence-corrected chi connectivity index (χ4v) is 2.22. The third kappa shape index (κ3) is 4.31. The lowest BCUT2D eigenvalue weighted by Gasteiger charge is -2.18. The number of hydrogen-bond acceptors (Lipinski definition) is 3. The second-order valence-corrected chi connectivity index (χ2v) is 4.89. The lowest BCUT2D eigenvalue weighted by molar-refractivity contribution is 0.248. The average molecular weight is 251 g/mol. The van der Waals surface area contributed by atoms with E-state index >= 15 is 0 Å². The van der Waals surface area contributed by atoms with Crippen LogP contribution in [0.15, 0.2) is 12.1 Å². The van der Waals surface area contributed by atoms with Gasteiger partial charge in [0, 0.05) is 19.7 Å². The highest BCUT2D eigenvalue weighted by Crippen LogP contribution is 2.24. The maximum atomic E-state index is 8.81. The van der Waals surface area contributed by atoms with Crippen LogP contribution in [0.5, 0.6) is 5.75 Å². The molecule has 3 heteroatoms. The van der Waals surface area contributed by atoms with Crippen molar-refractivity contribution in [3.63, 3.8) is 0 Å². The Kier molecular flexibility index (Phi) is 6.16. The summed E-state index contributed by atoms with van der Waals surface area (Å²) in [7, 11) is 3.82. The summed E-state index contributed by atoms with van der Waals surface area (Å²) in [6.07, 6.45) is 1.82. The third-order valence-electron chi connectivity index (χ3n) is 3.24. The topological polar surface area (TPSA) is 32.7 Å². The summed E-state index contributed by atoms with van der Waals surface area (Å²) in [6, 6.07) is 4.29. The standard InChI is InChI=1S/C15H25NO2/c1-12-10-13(2)14(15(11-12)18-4)6-8-16(3)7-5-9-17/h10-11,17H,5-9H2,1-4H3. The molecule has 0 unspecified atom stereocenters. The molecule has 0 saturated carbocycles. The molecule has 1 aromatic rings. The molecule has 0 amide bonds. The molecule has 1 aromatic carbocycles. The van der Waals surface area contributed by atoms with Crippen LogP contribution in [0, 0.1) is 13.8 Å². The van der Waals surface area contributed by atoms with E-state index in [0.29, 0.717) is 0 Å². The summed E-state index contributed by atoms with van der Waals surface area (Å²) in [5.41, 5.74) is 3.82. The number of aliphatic hydroxyl groups excluding tert-OH is 1. The van der Waals surface area contributed by atoms with Crippen LogP contribution in [0.2, 0.25) is 0 Å². The SMILES string of the molecule is COc1cc(C)cc(C)c1CCN(C)CCCO. The van der Waals surface area contributed by atoms with Crippen molar-refractivity contribution in [3.05, 3.63) is 28.8 Å². The minimum Gasteiger partial charge on any atom is -0.496 e. The van der Waals surface area contributed by atoms with E-state index in [1.165, 1.54) is 16.7 Å². The first-order valence-electron chi connectivity index (χ1n) is 6.52. The zero-order chi connectivity index (χ0) is 13.5. The molecule has 0 saturated heterocycles. The van der Waals surface area contributed by atoms with Crippen LogP contribution in [0.25, 0.3) is 0 Å². The van der Waals surface area contributed by atoms with Crippen molar-refractivity contribution in [2.45, 2.75) is 26.7 Å². The van der Waals surface area contributed by atoms with Gasteiger partial charge in [-0.25, -0.2) is 0 Å². The van der Waals surface area contributed by atoms with Gasteiger partial charge in [-0.2, -0.15) is 0 Å². The molecule has 102 valence electrons. The van der Waals surface area contributed by atoms with E-state index in [1.807, 2.05) is 0 Å². The van der Waals surface area contributed by atoms with E-state index in [2.05, 4.69) is 37.9 Å². The quantitative estimate of drug-likeness (QED) is 0.806. The van der Waals surface area contributed by atoms with Gasteiger partial charge in [0.15, 0.2) is 0 Å². The molecule has 0 atom stereocenters. The van der Waals surface area contributed by atoms with Gasteiger partial charge < -0.3 is 14.7 Å². The van der Waals surface area contributed by atoms with Crippen molar-refractivity contribution in [1.82, 2.24) is 4.90 Å². The summed E-state index contributed by atoms with van der Waals surface area (Å²) in [5, 5.41) is 8.81. The fraction of sp³-hybridized carbons (Fsp3) is 0.600. The molecular formula is C15H25NO2.